The van der Waals surface area contributed by atoms with Gasteiger partial charge in [0.15, 0.2) is 0 Å². The van der Waals surface area contributed by atoms with Gasteiger partial charge in [-0.1, -0.05) is 23.2 Å². The molecular weight excluding hydrogens is 367 g/mol. The van der Waals surface area contributed by atoms with Crippen molar-refractivity contribution in [2.24, 2.45) is 20.0 Å². The van der Waals surface area contributed by atoms with Crippen molar-refractivity contribution in [2.45, 2.75) is 0 Å². The molecule has 5 rings (SSSR count). The van der Waals surface area contributed by atoms with Gasteiger partial charge in [-0.05, 0) is 60.8 Å². The van der Waals surface area contributed by atoms with Gasteiger partial charge in [0.1, 0.15) is 0 Å². The first-order valence-corrected chi connectivity index (χ1v) is 8.71. The van der Waals surface area contributed by atoms with E-state index in [9.17, 15) is 0 Å². The third kappa shape index (κ3) is 2.73. The second-order valence-electron chi connectivity index (χ2n) is 5.97. The summed E-state index contributed by atoms with van der Waals surface area (Å²) in [5.74, 6) is 0. The van der Waals surface area contributed by atoms with Crippen LogP contribution < -0.4 is 0 Å². The molecule has 0 saturated carbocycles. The molecule has 8 bridgehead atoms. The molecule has 0 fully saturated rings. The summed E-state index contributed by atoms with van der Waals surface area (Å²) in [7, 11) is 0. The highest BCUT2D eigenvalue weighted by atomic mass is 35.5. The van der Waals surface area contributed by atoms with Crippen LogP contribution in [0.3, 0.4) is 0 Å². The average Bonchev–Trinajstić information content (AvgIpc) is 3.38. The lowest BCUT2D eigenvalue weighted by molar-refractivity contribution is 1.41. The molecule has 0 radical (unpaired) electrons. The maximum atomic E-state index is 6.35. The number of hydrogen-bond acceptors (Lipinski definition) is 4. The molecule has 0 amide bonds. The molecule has 5 aliphatic rings. The second-order valence-corrected chi connectivity index (χ2v) is 6.73. The van der Waals surface area contributed by atoms with Gasteiger partial charge in [0.2, 0.25) is 0 Å². The van der Waals surface area contributed by atoms with Crippen molar-refractivity contribution in [1.82, 2.24) is 0 Å². The Labute approximate surface area is 159 Å². The average molecular weight is 377 g/mol. The quantitative estimate of drug-likeness (QED) is 0.587. The summed E-state index contributed by atoms with van der Waals surface area (Å²) < 4.78 is 0. The molecule has 26 heavy (non-hydrogen) atoms. The minimum Gasteiger partial charge on any atom is -0.249 e. The number of hydrogen-bond donors (Lipinski definition) is 0. The molecule has 0 saturated heterocycles. The Kier molecular flexibility index (Phi) is 3.48. The molecule has 0 atom stereocenters. The Morgan fingerprint density at radius 2 is 1.00 bits per heavy atom. The molecule has 0 unspecified atom stereocenters. The van der Waals surface area contributed by atoms with E-state index in [0.717, 1.165) is 34.2 Å². The van der Waals surface area contributed by atoms with Gasteiger partial charge in [-0.25, -0.2) is 20.0 Å². The number of fused-ring (bicyclic) bond motifs is 4. The first kappa shape index (κ1) is 15.4. The normalized spacial score (nSPS) is 22.7. The van der Waals surface area contributed by atoms with Gasteiger partial charge >= 0.3 is 0 Å². The van der Waals surface area contributed by atoms with Gasteiger partial charge in [0.25, 0.3) is 0 Å². The van der Waals surface area contributed by atoms with Crippen LogP contribution in [-0.2, 0) is 0 Å². The van der Waals surface area contributed by atoms with Crippen molar-refractivity contribution in [3.63, 3.8) is 0 Å². The first-order chi connectivity index (χ1) is 12.6. The molecule has 4 nitrogen and oxygen atoms in total. The molecule has 0 spiro atoms. The predicted molar refractivity (Wildman–Crippen MR) is 108 cm³/mol. The Morgan fingerprint density at radius 1 is 0.500 bits per heavy atom. The van der Waals surface area contributed by atoms with E-state index in [4.69, 9.17) is 23.2 Å². The smallest absolute Gasteiger partial charge is 0.0871 e. The lowest BCUT2D eigenvalue weighted by Gasteiger charge is -1.94. The van der Waals surface area contributed by atoms with Crippen molar-refractivity contribution in [2.75, 3.05) is 0 Å². The molecule has 124 valence electrons. The van der Waals surface area contributed by atoms with E-state index < -0.39 is 0 Å². The Balaban J connectivity index is 1.69. The summed E-state index contributed by atoms with van der Waals surface area (Å²) in [5, 5.41) is 0.826. The SMILES string of the molecule is ClC1=C(Cl)C2=NC1=CC1=NC(=CC3=NC(=CC4=NC(=C2)C=C4)C=C3)C=C1. The Bertz CT molecular complexity index is 1130. The van der Waals surface area contributed by atoms with E-state index in [0.29, 0.717) is 21.5 Å². The Morgan fingerprint density at radius 3 is 1.58 bits per heavy atom. The monoisotopic (exact) mass is 376 g/mol. The zero-order chi connectivity index (χ0) is 17.7. The molecule has 5 aliphatic heterocycles. The fourth-order valence-electron chi connectivity index (χ4n) is 2.89. The summed E-state index contributed by atoms with van der Waals surface area (Å²) >= 11 is 12.7. The number of halogens is 2. The highest BCUT2D eigenvalue weighted by Crippen LogP contribution is 2.33. The van der Waals surface area contributed by atoms with Gasteiger partial charge in [-0.15, -0.1) is 0 Å². The van der Waals surface area contributed by atoms with Crippen LogP contribution in [0.25, 0.3) is 0 Å². The van der Waals surface area contributed by atoms with Crippen LogP contribution >= 0.6 is 23.2 Å². The predicted octanol–water partition coefficient (Wildman–Crippen LogP) is 4.71. The summed E-state index contributed by atoms with van der Waals surface area (Å²) in [6, 6.07) is 0. The summed E-state index contributed by atoms with van der Waals surface area (Å²) in [6.45, 7) is 0. The number of nitrogens with zero attached hydrogens (tertiary/aromatic N) is 4. The number of rotatable bonds is 0. The maximum absolute atomic E-state index is 6.35. The molecule has 0 aromatic heterocycles. The van der Waals surface area contributed by atoms with E-state index in [1.807, 2.05) is 60.8 Å². The lowest BCUT2D eigenvalue weighted by Crippen LogP contribution is -1.91. The Hall–Kier alpha value is -2.82. The summed E-state index contributed by atoms with van der Waals surface area (Å²) in [4.78, 5) is 18.2. The van der Waals surface area contributed by atoms with Crippen molar-refractivity contribution in [1.29, 1.82) is 0 Å². The van der Waals surface area contributed by atoms with Crippen LogP contribution in [0.2, 0.25) is 0 Å². The van der Waals surface area contributed by atoms with Crippen molar-refractivity contribution in [3.8, 4) is 0 Å². The van der Waals surface area contributed by atoms with E-state index >= 15 is 0 Å². The minimum atomic E-state index is 0.413. The zero-order valence-corrected chi connectivity index (χ0v) is 14.8. The summed E-state index contributed by atoms with van der Waals surface area (Å²) in [6.07, 6.45) is 19.1. The number of allylic oxidation sites excluding steroid dienone is 12. The second kappa shape index (κ2) is 5.87. The van der Waals surface area contributed by atoms with Gasteiger partial charge in [0.05, 0.1) is 55.7 Å². The zero-order valence-electron chi connectivity index (χ0n) is 13.3. The van der Waals surface area contributed by atoms with Gasteiger partial charge < -0.3 is 0 Å². The molecule has 0 N–H and O–H groups in total. The molecule has 0 aromatic rings. The van der Waals surface area contributed by atoms with Crippen LogP contribution in [0.15, 0.2) is 114 Å². The van der Waals surface area contributed by atoms with Gasteiger partial charge in [0, 0.05) is 0 Å². The third-order valence-electron chi connectivity index (χ3n) is 4.09. The van der Waals surface area contributed by atoms with E-state index in [1.54, 1.807) is 0 Å². The fraction of sp³-hybridized carbons (Fsp3) is 0. The van der Waals surface area contributed by atoms with Gasteiger partial charge in [-0.2, -0.15) is 0 Å². The largest absolute Gasteiger partial charge is 0.249 e. The standard InChI is InChI=1S/C20H10Cl2N4/c21-19-17-9-15-5-3-13(24-15)7-11-1-2-12(23-11)8-14-4-6-16(25-14)10-18(26-17)20(19)22/h1-10H. The summed E-state index contributed by atoms with van der Waals surface area (Å²) in [5.41, 5.74) is 6.04. The van der Waals surface area contributed by atoms with Crippen molar-refractivity contribution < 1.29 is 0 Å². The van der Waals surface area contributed by atoms with Crippen LogP contribution in [0, 0.1) is 0 Å². The van der Waals surface area contributed by atoms with E-state index in [2.05, 4.69) is 20.0 Å². The molecule has 6 heteroatoms. The fourth-order valence-corrected chi connectivity index (χ4v) is 3.28. The van der Waals surface area contributed by atoms with Crippen LogP contribution in [-0.4, -0.2) is 22.8 Å². The van der Waals surface area contributed by atoms with Crippen LogP contribution in [0.5, 0.6) is 0 Å². The van der Waals surface area contributed by atoms with Crippen LogP contribution in [0.1, 0.15) is 0 Å². The van der Waals surface area contributed by atoms with Crippen LogP contribution in [0.4, 0.5) is 0 Å². The highest BCUT2D eigenvalue weighted by Gasteiger charge is 2.21. The molecule has 5 heterocycles. The molecular formula is C20H10Cl2N4. The topological polar surface area (TPSA) is 49.4 Å². The van der Waals surface area contributed by atoms with Crippen molar-refractivity contribution >= 4 is 46.0 Å². The number of aliphatic imine (C=N–C) groups is 4. The maximum Gasteiger partial charge on any atom is 0.0871 e. The highest BCUT2D eigenvalue weighted by molar-refractivity contribution is 6.53. The lowest BCUT2D eigenvalue weighted by atomic mass is 10.2. The van der Waals surface area contributed by atoms with E-state index in [1.165, 1.54) is 0 Å². The minimum absolute atomic E-state index is 0.413. The van der Waals surface area contributed by atoms with E-state index in [-0.39, 0.29) is 0 Å². The third-order valence-corrected chi connectivity index (χ3v) is 4.96. The molecule has 0 aliphatic carbocycles. The van der Waals surface area contributed by atoms with Crippen molar-refractivity contribution in [3.05, 3.63) is 93.6 Å². The molecule has 0 aromatic carbocycles. The van der Waals surface area contributed by atoms with Gasteiger partial charge in [-0.3, -0.25) is 0 Å². The first-order valence-electron chi connectivity index (χ1n) is 7.96.